The average Bonchev–Trinajstić information content (AvgIpc) is 3.21. The van der Waals surface area contributed by atoms with Gasteiger partial charge in [-0.15, -0.1) is 0 Å². The minimum Gasteiger partial charge on any atom is -0.456 e. The maximum absolute atomic E-state index is 13.3. The Morgan fingerprint density at radius 2 is 1.21 bits per heavy atom. The molecule has 0 unspecified atom stereocenters. The zero-order valence-electron chi connectivity index (χ0n) is 38.0. The third-order valence-electron chi connectivity index (χ3n) is 10.4. The number of unbranched alkanes of at least 4 members (excludes halogenated alkanes) is 6. The Balaban J connectivity index is 1.38. The topological polar surface area (TPSA) is 168 Å². The summed E-state index contributed by atoms with van der Waals surface area (Å²) in [5.74, 6) is -0.0876. The van der Waals surface area contributed by atoms with E-state index >= 15 is 0 Å². The summed E-state index contributed by atoms with van der Waals surface area (Å²) in [6.07, 6.45) is 8.62. The van der Waals surface area contributed by atoms with Crippen molar-refractivity contribution < 1.29 is 52.7 Å². The lowest BCUT2D eigenvalue weighted by molar-refractivity contribution is -0.143. The van der Waals surface area contributed by atoms with Crippen molar-refractivity contribution in [3.05, 3.63) is 82.4 Å². The van der Waals surface area contributed by atoms with Gasteiger partial charge in [0.25, 0.3) is 5.91 Å². The molecule has 3 aromatic rings. The highest BCUT2D eigenvalue weighted by Gasteiger charge is 2.47. The lowest BCUT2D eigenvalue weighted by Gasteiger charge is -2.41. The van der Waals surface area contributed by atoms with Crippen LogP contribution in [0.1, 0.15) is 139 Å². The maximum Gasteiger partial charge on any atom is 0.316 e. The van der Waals surface area contributed by atoms with Crippen LogP contribution in [0, 0.1) is 17.8 Å². The smallest absolute Gasteiger partial charge is 0.316 e. The first-order chi connectivity index (χ1) is 29.5. The molecule has 4 rings (SSSR count). The molecule has 0 saturated carbocycles. The molecule has 3 N–H and O–H groups in total. The van der Waals surface area contributed by atoms with Crippen LogP contribution in [-0.2, 0) is 34.2 Å². The number of ether oxygens (including phenoxy) is 6. The van der Waals surface area contributed by atoms with Gasteiger partial charge < -0.3 is 44.2 Å². The molecule has 1 aliphatic rings. The molecule has 2 amide bonds. The van der Waals surface area contributed by atoms with Crippen molar-refractivity contribution in [1.29, 1.82) is 0 Å². The van der Waals surface area contributed by atoms with Crippen molar-refractivity contribution >= 4 is 23.8 Å². The molecule has 3 aromatic carbocycles. The van der Waals surface area contributed by atoms with E-state index in [1.807, 2.05) is 6.92 Å². The Morgan fingerprint density at radius 1 is 0.645 bits per heavy atom. The molecule has 1 aliphatic heterocycles. The quantitative estimate of drug-likeness (QED) is 0.0341. The molecule has 0 saturated heterocycles. The van der Waals surface area contributed by atoms with Gasteiger partial charge in [-0.05, 0) is 115 Å². The number of rotatable bonds is 24. The molecule has 0 atom stereocenters. The van der Waals surface area contributed by atoms with Gasteiger partial charge in [0.05, 0.1) is 30.7 Å². The lowest BCUT2D eigenvalue weighted by Crippen LogP contribution is -2.37. The lowest BCUT2D eigenvalue weighted by atomic mass is 9.76. The van der Waals surface area contributed by atoms with Crippen LogP contribution < -0.4 is 24.8 Å². The number of hydrogen-bond acceptors (Lipinski definition) is 11. The van der Waals surface area contributed by atoms with E-state index in [0.717, 1.165) is 19.4 Å². The van der Waals surface area contributed by atoms with Crippen LogP contribution in [-0.4, -0.2) is 75.2 Å². The molecule has 0 radical (unpaired) electrons. The summed E-state index contributed by atoms with van der Waals surface area (Å²) < 4.78 is 35.3. The van der Waals surface area contributed by atoms with Gasteiger partial charge in [0.15, 0.2) is 5.60 Å². The number of esters is 2. The molecule has 13 nitrogen and oxygen atoms in total. The highest BCUT2D eigenvalue weighted by molar-refractivity contribution is 5.94. The molecule has 0 aliphatic carbocycles. The molecule has 0 fully saturated rings. The zero-order valence-corrected chi connectivity index (χ0v) is 38.0. The second kappa shape index (κ2) is 23.6. The van der Waals surface area contributed by atoms with Crippen LogP contribution in [0.5, 0.6) is 23.0 Å². The molecule has 1 heterocycles. The Labute approximate surface area is 367 Å². The van der Waals surface area contributed by atoms with E-state index in [-0.39, 0.29) is 34.8 Å². The summed E-state index contributed by atoms with van der Waals surface area (Å²) >= 11 is 0. The summed E-state index contributed by atoms with van der Waals surface area (Å²) in [5.41, 5.74) is -0.215. The fourth-order valence-electron chi connectivity index (χ4n) is 6.86. The van der Waals surface area contributed by atoms with E-state index < -0.39 is 35.2 Å². The Morgan fingerprint density at radius 3 is 1.77 bits per heavy atom. The highest BCUT2D eigenvalue weighted by atomic mass is 16.6. The number of carbonyl (C=O) groups excluding carboxylic acids is 4. The first-order valence-electron chi connectivity index (χ1n) is 22.0. The number of aliphatic hydroxyl groups excluding tert-OH is 1. The van der Waals surface area contributed by atoms with Crippen LogP contribution in [0.4, 0.5) is 0 Å². The van der Waals surface area contributed by atoms with E-state index in [1.54, 1.807) is 96.1 Å². The number of benzene rings is 3. The zero-order chi connectivity index (χ0) is 45.3. The Bertz CT molecular complexity index is 1890. The summed E-state index contributed by atoms with van der Waals surface area (Å²) in [5, 5.41) is 16.3. The van der Waals surface area contributed by atoms with Gasteiger partial charge in [-0.25, -0.2) is 0 Å². The number of carbonyl (C=O) groups is 4. The van der Waals surface area contributed by atoms with Crippen molar-refractivity contribution in [2.24, 2.45) is 10.8 Å². The predicted molar refractivity (Wildman–Crippen MR) is 237 cm³/mol. The van der Waals surface area contributed by atoms with Gasteiger partial charge in [0.2, 0.25) is 5.91 Å². The SMILES string of the molecule is CCCCCCCOCCOCCNC(=O)CCCCCNC(=O)c1ccc(C2(OCO)c3ccc(OC(=O)C(C)(C)C)cc3Oc3cc(OC(=O)C(C)(C)C)ccc32)c(C)c1. The molecule has 0 bridgehead atoms. The van der Waals surface area contributed by atoms with Crippen molar-refractivity contribution in [2.75, 3.05) is 46.3 Å². The average molecular weight is 861 g/mol. The molecule has 13 heteroatoms. The Hall–Kier alpha value is -4.82. The summed E-state index contributed by atoms with van der Waals surface area (Å²) in [7, 11) is 0. The molecule has 62 heavy (non-hydrogen) atoms. The number of amides is 2. The van der Waals surface area contributed by atoms with Gasteiger partial charge in [0, 0.05) is 54.9 Å². The van der Waals surface area contributed by atoms with Crippen LogP contribution >= 0.6 is 0 Å². The van der Waals surface area contributed by atoms with Crippen molar-refractivity contribution in [3.63, 3.8) is 0 Å². The van der Waals surface area contributed by atoms with E-state index in [1.165, 1.54) is 25.7 Å². The van der Waals surface area contributed by atoms with E-state index in [4.69, 9.17) is 28.4 Å². The number of nitrogens with one attached hydrogen (secondary N) is 2. The van der Waals surface area contributed by atoms with Crippen molar-refractivity contribution in [1.82, 2.24) is 10.6 Å². The third-order valence-corrected chi connectivity index (χ3v) is 10.4. The second-order valence-electron chi connectivity index (χ2n) is 17.7. The summed E-state index contributed by atoms with van der Waals surface area (Å²) in [6, 6.07) is 15.1. The van der Waals surface area contributed by atoms with Gasteiger partial charge >= 0.3 is 11.9 Å². The molecule has 340 valence electrons. The fraction of sp³-hybridized carbons (Fsp3) is 0.551. The number of hydrogen-bond donors (Lipinski definition) is 3. The second-order valence-corrected chi connectivity index (χ2v) is 17.7. The summed E-state index contributed by atoms with van der Waals surface area (Å²) in [4.78, 5) is 51.3. The third kappa shape index (κ3) is 14.1. The normalized spacial score (nSPS) is 13.0. The largest absolute Gasteiger partial charge is 0.456 e. The van der Waals surface area contributed by atoms with E-state index in [9.17, 15) is 24.3 Å². The molecular formula is C49H68N2O11. The first-order valence-corrected chi connectivity index (χ1v) is 22.0. The van der Waals surface area contributed by atoms with E-state index in [0.29, 0.717) is 80.0 Å². The standard InChI is InChI=1S/C49H68N2O11/c1-9-10-11-12-16-26-57-28-29-58-27-25-50-43(53)17-14-13-15-24-51-44(54)35-18-21-38(34(2)30-35)49(59-33-52)39-22-19-36(60-45(55)47(3,4)5)31-41(39)62-42-32-37(20-23-40(42)49)61-46(56)48(6,7)8/h18-23,30-32,52H,9-17,24-29,33H2,1-8H3,(H,50,53)(H,51,54). The minimum absolute atomic E-state index is 0.0249. The van der Waals surface area contributed by atoms with Crippen LogP contribution in [0.3, 0.4) is 0 Å². The number of fused-ring (bicyclic) bond motifs is 2. The number of aryl methyl sites for hydroxylation is 1. The maximum atomic E-state index is 13.3. The van der Waals surface area contributed by atoms with Gasteiger partial charge in [-0.3, -0.25) is 19.2 Å². The monoisotopic (exact) mass is 860 g/mol. The fourth-order valence-corrected chi connectivity index (χ4v) is 6.86. The van der Waals surface area contributed by atoms with Gasteiger partial charge in [-0.1, -0.05) is 45.1 Å². The minimum atomic E-state index is -1.46. The predicted octanol–water partition coefficient (Wildman–Crippen LogP) is 8.67. The van der Waals surface area contributed by atoms with Crippen LogP contribution in [0.2, 0.25) is 0 Å². The summed E-state index contributed by atoms with van der Waals surface area (Å²) in [6.45, 7) is 17.1. The van der Waals surface area contributed by atoms with Crippen molar-refractivity contribution in [3.8, 4) is 23.0 Å². The Kier molecular flexibility index (Phi) is 18.9. The van der Waals surface area contributed by atoms with Gasteiger partial charge in [0.1, 0.15) is 29.8 Å². The molecule has 0 aromatic heterocycles. The molecular weight excluding hydrogens is 793 g/mol. The molecule has 0 spiro atoms. The van der Waals surface area contributed by atoms with E-state index in [2.05, 4.69) is 17.6 Å². The van der Waals surface area contributed by atoms with Gasteiger partial charge in [-0.2, -0.15) is 0 Å². The number of aliphatic hydroxyl groups is 1. The van der Waals surface area contributed by atoms with Crippen LogP contribution in [0.25, 0.3) is 0 Å². The highest BCUT2D eigenvalue weighted by Crippen LogP contribution is 2.54. The first kappa shape index (κ1) is 49.8. The van der Waals surface area contributed by atoms with Crippen molar-refractivity contribution in [2.45, 2.75) is 119 Å². The van der Waals surface area contributed by atoms with Crippen LogP contribution in [0.15, 0.2) is 54.6 Å².